The van der Waals surface area contributed by atoms with Crippen LogP contribution in [-0.2, 0) is 16.8 Å². The molecular formula is C16H24N4O2S. The Morgan fingerprint density at radius 3 is 3.00 bits per heavy atom. The molecule has 1 aliphatic heterocycles. The lowest BCUT2D eigenvalue weighted by Gasteiger charge is -2.29. The van der Waals surface area contributed by atoms with E-state index >= 15 is 0 Å². The van der Waals surface area contributed by atoms with Crippen molar-refractivity contribution in [2.45, 2.75) is 32.7 Å². The molecule has 1 fully saturated rings. The molecule has 1 N–H and O–H groups in total. The van der Waals surface area contributed by atoms with Crippen LogP contribution in [0.4, 0.5) is 0 Å². The topological polar surface area (TPSA) is 67.2 Å². The van der Waals surface area contributed by atoms with E-state index in [4.69, 9.17) is 0 Å². The zero-order valence-corrected chi connectivity index (χ0v) is 14.3. The van der Waals surface area contributed by atoms with Crippen molar-refractivity contribution >= 4 is 21.2 Å². The van der Waals surface area contributed by atoms with E-state index in [9.17, 15) is 8.42 Å². The van der Waals surface area contributed by atoms with Crippen LogP contribution in [0.5, 0.6) is 0 Å². The molecule has 1 aromatic heterocycles. The molecule has 126 valence electrons. The van der Waals surface area contributed by atoms with Gasteiger partial charge < -0.3 is 4.57 Å². The fourth-order valence-electron chi connectivity index (χ4n) is 3.09. The lowest BCUT2D eigenvalue weighted by Crippen LogP contribution is -2.45. The van der Waals surface area contributed by atoms with Crippen LogP contribution >= 0.6 is 0 Å². The van der Waals surface area contributed by atoms with Crippen molar-refractivity contribution in [3.8, 4) is 0 Å². The number of nitrogens with zero attached hydrogens (tertiary/aromatic N) is 3. The SMILES string of the molecule is CC1CCCN(S(=O)(=O)NCCCn2cnc3ccccc32)C1. The van der Waals surface area contributed by atoms with Crippen molar-refractivity contribution in [2.75, 3.05) is 19.6 Å². The molecule has 23 heavy (non-hydrogen) atoms. The van der Waals surface area contributed by atoms with Crippen LogP contribution in [0.1, 0.15) is 26.2 Å². The average molecular weight is 336 g/mol. The number of hydrogen-bond donors (Lipinski definition) is 1. The molecule has 0 radical (unpaired) electrons. The number of imidazole rings is 1. The summed E-state index contributed by atoms with van der Waals surface area (Å²) in [6, 6.07) is 7.96. The fraction of sp³-hybridized carbons (Fsp3) is 0.562. The Hall–Kier alpha value is -1.44. The summed E-state index contributed by atoms with van der Waals surface area (Å²) >= 11 is 0. The van der Waals surface area contributed by atoms with Gasteiger partial charge in [0.1, 0.15) is 0 Å². The van der Waals surface area contributed by atoms with Gasteiger partial charge >= 0.3 is 0 Å². The minimum absolute atomic E-state index is 0.442. The van der Waals surface area contributed by atoms with Gasteiger partial charge in [-0.25, -0.2) is 9.71 Å². The molecule has 2 aromatic rings. The van der Waals surface area contributed by atoms with Crippen molar-refractivity contribution in [1.82, 2.24) is 18.6 Å². The number of para-hydroxylation sites is 2. The summed E-state index contributed by atoms with van der Waals surface area (Å²) in [6.07, 6.45) is 4.61. The fourth-order valence-corrected chi connectivity index (χ4v) is 4.50. The van der Waals surface area contributed by atoms with Crippen LogP contribution in [-0.4, -0.2) is 41.9 Å². The largest absolute Gasteiger partial charge is 0.331 e. The lowest BCUT2D eigenvalue weighted by atomic mass is 10.0. The van der Waals surface area contributed by atoms with Crippen LogP contribution in [0.25, 0.3) is 11.0 Å². The summed E-state index contributed by atoms with van der Waals surface area (Å²) in [7, 11) is -3.34. The second kappa shape index (κ2) is 6.98. The zero-order valence-electron chi connectivity index (χ0n) is 13.5. The molecule has 7 heteroatoms. The lowest BCUT2D eigenvalue weighted by molar-refractivity contribution is 0.278. The van der Waals surface area contributed by atoms with Crippen molar-refractivity contribution in [2.24, 2.45) is 5.92 Å². The first kappa shape index (κ1) is 16.4. The maximum atomic E-state index is 12.3. The predicted molar refractivity (Wildman–Crippen MR) is 91.2 cm³/mol. The predicted octanol–water partition coefficient (Wildman–Crippen LogP) is 1.99. The van der Waals surface area contributed by atoms with Crippen LogP contribution in [0.2, 0.25) is 0 Å². The summed E-state index contributed by atoms with van der Waals surface area (Å²) in [4.78, 5) is 4.34. The monoisotopic (exact) mass is 336 g/mol. The first-order valence-corrected chi connectivity index (χ1v) is 9.65. The maximum absolute atomic E-state index is 12.3. The molecule has 0 aliphatic carbocycles. The van der Waals surface area contributed by atoms with Crippen molar-refractivity contribution in [3.05, 3.63) is 30.6 Å². The molecule has 1 unspecified atom stereocenters. The molecule has 2 heterocycles. The van der Waals surface area contributed by atoms with Gasteiger partial charge in [-0.15, -0.1) is 0 Å². The Kier molecular flexibility index (Phi) is 4.99. The average Bonchev–Trinajstić information content (AvgIpc) is 2.95. The van der Waals surface area contributed by atoms with Gasteiger partial charge in [-0.2, -0.15) is 12.7 Å². The number of hydrogen-bond acceptors (Lipinski definition) is 3. The number of nitrogens with one attached hydrogen (secondary N) is 1. The van der Waals surface area contributed by atoms with Crippen LogP contribution in [0, 0.1) is 5.92 Å². The number of piperidine rings is 1. The molecule has 1 atom stereocenters. The van der Waals surface area contributed by atoms with E-state index in [1.807, 2.05) is 30.6 Å². The van der Waals surface area contributed by atoms with E-state index in [0.29, 0.717) is 25.6 Å². The van der Waals surface area contributed by atoms with E-state index in [1.165, 1.54) is 0 Å². The Balaban J connectivity index is 1.51. The van der Waals surface area contributed by atoms with Crippen molar-refractivity contribution in [3.63, 3.8) is 0 Å². The third-order valence-electron chi connectivity index (χ3n) is 4.35. The highest BCUT2D eigenvalue weighted by molar-refractivity contribution is 7.87. The number of aryl methyl sites for hydroxylation is 1. The summed E-state index contributed by atoms with van der Waals surface area (Å²) in [5.74, 6) is 0.442. The number of fused-ring (bicyclic) bond motifs is 1. The van der Waals surface area contributed by atoms with Gasteiger partial charge in [0.15, 0.2) is 0 Å². The van der Waals surface area contributed by atoms with Crippen LogP contribution in [0.3, 0.4) is 0 Å². The third kappa shape index (κ3) is 3.91. The molecule has 0 amide bonds. The molecule has 1 saturated heterocycles. The number of aromatic nitrogens is 2. The maximum Gasteiger partial charge on any atom is 0.279 e. The Morgan fingerprint density at radius 2 is 2.17 bits per heavy atom. The standard InChI is InChI=1S/C16H24N4O2S/c1-14-6-4-11-20(12-14)23(21,22)18-9-5-10-19-13-17-15-7-2-3-8-16(15)19/h2-3,7-8,13-14,18H,4-6,9-12H2,1H3. The third-order valence-corrected chi connectivity index (χ3v) is 5.93. The van der Waals surface area contributed by atoms with Crippen molar-refractivity contribution in [1.29, 1.82) is 0 Å². The van der Waals surface area contributed by atoms with Gasteiger partial charge in [0.25, 0.3) is 10.2 Å². The number of benzene rings is 1. The van der Waals surface area contributed by atoms with Crippen LogP contribution in [0.15, 0.2) is 30.6 Å². The Bertz CT molecular complexity index is 756. The highest BCUT2D eigenvalue weighted by atomic mass is 32.2. The van der Waals surface area contributed by atoms with Gasteiger partial charge in [0, 0.05) is 26.2 Å². The van der Waals surface area contributed by atoms with Gasteiger partial charge in [-0.3, -0.25) is 0 Å². The molecule has 0 bridgehead atoms. The highest BCUT2D eigenvalue weighted by Gasteiger charge is 2.26. The van der Waals surface area contributed by atoms with Gasteiger partial charge in [-0.05, 0) is 37.3 Å². The summed E-state index contributed by atoms with van der Waals surface area (Å²) in [5.41, 5.74) is 2.05. The zero-order chi connectivity index (χ0) is 16.3. The quantitative estimate of drug-likeness (QED) is 0.821. The molecule has 0 spiro atoms. The van der Waals surface area contributed by atoms with E-state index in [-0.39, 0.29) is 0 Å². The molecule has 6 nitrogen and oxygen atoms in total. The second-order valence-corrected chi connectivity index (χ2v) is 8.04. The minimum Gasteiger partial charge on any atom is -0.331 e. The summed E-state index contributed by atoms with van der Waals surface area (Å²) in [5, 5.41) is 0. The highest BCUT2D eigenvalue weighted by Crippen LogP contribution is 2.17. The summed E-state index contributed by atoms with van der Waals surface area (Å²) in [6.45, 7) is 4.55. The Morgan fingerprint density at radius 1 is 1.35 bits per heavy atom. The van der Waals surface area contributed by atoms with Gasteiger partial charge in [0.05, 0.1) is 17.4 Å². The molecule has 0 saturated carbocycles. The normalized spacial score (nSPS) is 20.1. The molecular weight excluding hydrogens is 312 g/mol. The number of rotatable bonds is 6. The van der Waals surface area contributed by atoms with Gasteiger partial charge in [0.2, 0.25) is 0 Å². The van der Waals surface area contributed by atoms with E-state index < -0.39 is 10.2 Å². The van der Waals surface area contributed by atoms with Crippen LogP contribution < -0.4 is 4.72 Å². The molecule has 3 rings (SSSR count). The van der Waals surface area contributed by atoms with Crippen molar-refractivity contribution < 1.29 is 8.42 Å². The molecule has 1 aliphatic rings. The Labute approximate surface area is 137 Å². The van der Waals surface area contributed by atoms with E-state index in [1.54, 1.807) is 4.31 Å². The summed E-state index contributed by atoms with van der Waals surface area (Å²) < 4.78 is 31.0. The second-order valence-electron chi connectivity index (χ2n) is 6.29. The first-order valence-electron chi connectivity index (χ1n) is 8.21. The van der Waals surface area contributed by atoms with E-state index in [2.05, 4.69) is 21.2 Å². The van der Waals surface area contributed by atoms with E-state index in [0.717, 1.165) is 36.8 Å². The smallest absolute Gasteiger partial charge is 0.279 e. The first-order chi connectivity index (χ1) is 11.1. The minimum atomic E-state index is -3.34. The van der Waals surface area contributed by atoms with Gasteiger partial charge in [-0.1, -0.05) is 19.1 Å². The molecule has 1 aromatic carbocycles.